The molecule has 0 aromatic heterocycles. The van der Waals surface area contributed by atoms with E-state index in [-0.39, 0.29) is 5.91 Å². The molecule has 0 aromatic rings. The van der Waals surface area contributed by atoms with E-state index in [1.54, 1.807) is 0 Å². The fourth-order valence-electron chi connectivity index (χ4n) is 1.93. The molecule has 1 aliphatic rings. The minimum absolute atomic E-state index is 0.269. The van der Waals surface area contributed by atoms with Crippen LogP contribution in [0.4, 0.5) is 0 Å². The average molecular weight is 184 g/mol. The van der Waals surface area contributed by atoms with Gasteiger partial charge in [-0.2, -0.15) is 0 Å². The van der Waals surface area contributed by atoms with Crippen LogP contribution in [0, 0.1) is 5.92 Å². The highest BCUT2D eigenvalue weighted by molar-refractivity contribution is 5.75. The summed E-state index contributed by atoms with van der Waals surface area (Å²) in [5.74, 6) is 0.773. The van der Waals surface area contributed by atoms with Crippen molar-refractivity contribution in [1.29, 1.82) is 0 Å². The van der Waals surface area contributed by atoms with E-state index in [4.69, 9.17) is 5.73 Å². The van der Waals surface area contributed by atoms with Gasteiger partial charge in [0.05, 0.1) is 0 Å². The molecular formula is C10H20N2O. The Hall–Kier alpha value is -0.570. The lowest BCUT2D eigenvalue weighted by Crippen LogP contribution is -2.48. The molecule has 1 heterocycles. The molecule has 1 rings (SSSR count). The molecular weight excluding hydrogens is 164 g/mol. The summed E-state index contributed by atoms with van der Waals surface area (Å²) in [6.45, 7) is 5.77. The molecule has 1 amide bonds. The highest BCUT2D eigenvalue weighted by Crippen LogP contribution is 2.18. The van der Waals surface area contributed by atoms with E-state index in [2.05, 4.69) is 6.92 Å². The number of hydrogen-bond donors (Lipinski definition) is 1. The molecule has 2 N–H and O–H groups in total. The van der Waals surface area contributed by atoms with Crippen LogP contribution in [0.3, 0.4) is 0 Å². The van der Waals surface area contributed by atoms with E-state index in [0.29, 0.717) is 18.4 Å². The summed E-state index contributed by atoms with van der Waals surface area (Å²) >= 11 is 0. The summed E-state index contributed by atoms with van der Waals surface area (Å²) in [4.78, 5) is 13.4. The van der Waals surface area contributed by atoms with Crippen LogP contribution in [0.25, 0.3) is 0 Å². The second-order valence-corrected chi connectivity index (χ2v) is 3.81. The molecule has 1 fully saturated rings. The average Bonchev–Trinajstić information content (AvgIpc) is 2.17. The first-order valence-electron chi connectivity index (χ1n) is 5.22. The van der Waals surface area contributed by atoms with Gasteiger partial charge in [-0.25, -0.2) is 0 Å². The second-order valence-electron chi connectivity index (χ2n) is 3.81. The topological polar surface area (TPSA) is 46.3 Å². The molecule has 0 saturated carbocycles. The SMILES string of the molecule is CCC(=O)N1CC[C@@H](N)[C@H](CC)C1. The number of amides is 1. The number of carbonyl (C=O) groups is 1. The predicted octanol–water partition coefficient (Wildman–Crippen LogP) is 0.982. The zero-order chi connectivity index (χ0) is 9.84. The van der Waals surface area contributed by atoms with Crippen molar-refractivity contribution in [2.24, 2.45) is 11.7 Å². The van der Waals surface area contributed by atoms with E-state index in [9.17, 15) is 4.79 Å². The van der Waals surface area contributed by atoms with Crippen molar-refractivity contribution in [3.05, 3.63) is 0 Å². The summed E-state index contributed by atoms with van der Waals surface area (Å²) < 4.78 is 0. The summed E-state index contributed by atoms with van der Waals surface area (Å²) in [5, 5.41) is 0. The Morgan fingerprint density at radius 1 is 1.54 bits per heavy atom. The first kappa shape index (κ1) is 10.5. The molecule has 76 valence electrons. The minimum Gasteiger partial charge on any atom is -0.342 e. The van der Waals surface area contributed by atoms with Crippen LogP contribution in [-0.2, 0) is 4.79 Å². The standard InChI is InChI=1S/C10H20N2O/c1-3-8-7-12(10(13)4-2)6-5-9(8)11/h8-9H,3-7,11H2,1-2H3/t8-,9-/m1/s1. The van der Waals surface area contributed by atoms with E-state index in [1.165, 1.54) is 0 Å². The lowest BCUT2D eigenvalue weighted by molar-refractivity contribution is -0.132. The molecule has 2 atom stereocenters. The van der Waals surface area contributed by atoms with Crippen molar-refractivity contribution >= 4 is 5.91 Å². The third-order valence-electron chi connectivity index (χ3n) is 2.97. The molecule has 0 aliphatic carbocycles. The molecule has 0 aromatic carbocycles. The lowest BCUT2D eigenvalue weighted by Gasteiger charge is -2.36. The molecule has 1 aliphatic heterocycles. The Labute approximate surface area is 80.3 Å². The fourth-order valence-corrected chi connectivity index (χ4v) is 1.93. The van der Waals surface area contributed by atoms with Gasteiger partial charge >= 0.3 is 0 Å². The van der Waals surface area contributed by atoms with E-state index in [0.717, 1.165) is 25.9 Å². The summed E-state index contributed by atoms with van der Waals surface area (Å²) in [6, 6.07) is 0.297. The smallest absolute Gasteiger partial charge is 0.222 e. The van der Waals surface area contributed by atoms with Gasteiger partial charge < -0.3 is 10.6 Å². The summed E-state index contributed by atoms with van der Waals surface area (Å²) in [7, 11) is 0. The van der Waals surface area contributed by atoms with Gasteiger partial charge in [0.1, 0.15) is 0 Å². The summed E-state index contributed by atoms with van der Waals surface area (Å²) in [5.41, 5.74) is 5.96. The molecule has 13 heavy (non-hydrogen) atoms. The van der Waals surface area contributed by atoms with Gasteiger partial charge in [0, 0.05) is 25.6 Å². The minimum atomic E-state index is 0.269. The second kappa shape index (κ2) is 4.61. The predicted molar refractivity (Wildman–Crippen MR) is 53.2 cm³/mol. The monoisotopic (exact) mass is 184 g/mol. The van der Waals surface area contributed by atoms with Gasteiger partial charge in [-0.1, -0.05) is 20.3 Å². The van der Waals surface area contributed by atoms with Crippen LogP contribution < -0.4 is 5.73 Å². The van der Waals surface area contributed by atoms with Gasteiger partial charge in [0.2, 0.25) is 5.91 Å². The van der Waals surface area contributed by atoms with Gasteiger partial charge in [0.15, 0.2) is 0 Å². The van der Waals surface area contributed by atoms with Crippen molar-refractivity contribution in [2.45, 2.75) is 39.2 Å². The maximum absolute atomic E-state index is 11.4. The van der Waals surface area contributed by atoms with Gasteiger partial charge in [-0.15, -0.1) is 0 Å². The van der Waals surface area contributed by atoms with Crippen LogP contribution in [0.2, 0.25) is 0 Å². The highest BCUT2D eigenvalue weighted by atomic mass is 16.2. The molecule has 1 saturated heterocycles. The van der Waals surface area contributed by atoms with E-state index < -0.39 is 0 Å². The molecule has 3 heteroatoms. The zero-order valence-electron chi connectivity index (χ0n) is 8.62. The van der Waals surface area contributed by atoms with Crippen molar-refractivity contribution in [3.8, 4) is 0 Å². The number of rotatable bonds is 2. The van der Waals surface area contributed by atoms with Crippen molar-refractivity contribution < 1.29 is 4.79 Å². The number of hydrogen-bond acceptors (Lipinski definition) is 2. The lowest BCUT2D eigenvalue weighted by atomic mass is 9.90. The Morgan fingerprint density at radius 3 is 2.77 bits per heavy atom. The van der Waals surface area contributed by atoms with Crippen LogP contribution in [-0.4, -0.2) is 29.9 Å². The van der Waals surface area contributed by atoms with Gasteiger partial charge in [0.25, 0.3) is 0 Å². The zero-order valence-corrected chi connectivity index (χ0v) is 8.62. The van der Waals surface area contributed by atoms with Crippen molar-refractivity contribution in [1.82, 2.24) is 4.90 Å². The number of nitrogens with two attached hydrogens (primary N) is 1. The highest BCUT2D eigenvalue weighted by Gasteiger charge is 2.26. The molecule has 0 bridgehead atoms. The Morgan fingerprint density at radius 2 is 2.23 bits per heavy atom. The fraction of sp³-hybridized carbons (Fsp3) is 0.900. The third-order valence-corrected chi connectivity index (χ3v) is 2.97. The van der Waals surface area contributed by atoms with Crippen LogP contribution in [0.5, 0.6) is 0 Å². The third kappa shape index (κ3) is 2.44. The number of nitrogens with zero attached hydrogens (tertiary/aromatic N) is 1. The Balaban J connectivity index is 2.49. The van der Waals surface area contributed by atoms with Gasteiger partial charge in [-0.3, -0.25) is 4.79 Å². The Kier molecular flexibility index (Phi) is 3.72. The van der Waals surface area contributed by atoms with Crippen LogP contribution >= 0.6 is 0 Å². The number of likely N-dealkylation sites (tertiary alicyclic amines) is 1. The van der Waals surface area contributed by atoms with Crippen molar-refractivity contribution in [2.75, 3.05) is 13.1 Å². The first-order chi connectivity index (χ1) is 6.19. The molecule has 0 unspecified atom stereocenters. The summed E-state index contributed by atoms with van der Waals surface area (Å²) in [6.07, 6.45) is 2.66. The van der Waals surface area contributed by atoms with Crippen molar-refractivity contribution in [3.63, 3.8) is 0 Å². The van der Waals surface area contributed by atoms with Crippen LogP contribution in [0.1, 0.15) is 33.1 Å². The van der Waals surface area contributed by atoms with E-state index in [1.807, 2.05) is 11.8 Å². The molecule has 0 radical (unpaired) electrons. The van der Waals surface area contributed by atoms with E-state index >= 15 is 0 Å². The van der Waals surface area contributed by atoms with Crippen LogP contribution in [0.15, 0.2) is 0 Å². The normalized spacial score (nSPS) is 29.0. The largest absolute Gasteiger partial charge is 0.342 e. The van der Waals surface area contributed by atoms with Gasteiger partial charge in [-0.05, 0) is 12.3 Å². The Bertz CT molecular complexity index is 182. The molecule has 3 nitrogen and oxygen atoms in total. The first-order valence-corrected chi connectivity index (χ1v) is 5.22. The maximum Gasteiger partial charge on any atom is 0.222 e. The quantitative estimate of drug-likeness (QED) is 0.695. The number of carbonyl (C=O) groups excluding carboxylic acids is 1. The molecule has 0 spiro atoms. The maximum atomic E-state index is 11.4. The number of piperidine rings is 1.